The quantitative estimate of drug-likeness (QED) is 0.485. The van der Waals surface area contributed by atoms with Gasteiger partial charge in [0.2, 0.25) is 5.91 Å². The second kappa shape index (κ2) is 7.31. The number of carbonyl (C=O) groups excluding carboxylic acids is 3. The molecule has 2 unspecified atom stereocenters. The van der Waals surface area contributed by atoms with E-state index < -0.39 is 5.41 Å². The van der Waals surface area contributed by atoms with Gasteiger partial charge in [0.1, 0.15) is 0 Å². The Hall–Kier alpha value is -1.64. The number of hydrogen-bond donors (Lipinski definition) is 2. The number of rotatable bonds is 5. The lowest BCUT2D eigenvalue weighted by atomic mass is 9.47. The van der Waals surface area contributed by atoms with Crippen LogP contribution in [0.4, 0.5) is 5.69 Å². The first-order valence-corrected chi connectivity index (χ1v) is 10.9. The molecule has 1 aromatic carbocycles. The molecule has 0 spiro atoms. The smallest absolute Gasteiger partial charge is 0.312 e. The van der Waals surface area contributed by atoms with Crippen LogP contribution < -0.4 is 10.6 Å². The fourth-order valence-corrected chi connectivity index (χ4v) is 6.40. The lowest BCUT2D eigenvalue weighted by Gasteiger charge is -2.60. The zero-order valence-electron chi connectivity index (χ0n) is 15.9. The van der Waals surface area contributed by atoms with Gasteiger partial charge in [-0.1, -0.05) is 0 Å². The Morgan fingerprint density at radius 3 is 2.36 bits per heavy atom. The number of anilines is 1. The lowest BCUT2D eigenvalue weighted by molar-refractivity contribution is -0.176. The van der Waals surface area contributed by atoms with Gasteiger partial charge in [0, 0.05) is 21.7 Å². The predicted molar refractivity (Wildman–Crippen MR) is 112 cm³/mol. The van der Waals surface area contributed by atoms with Gasteiger partial charge in [-0.3, -0.25) is 14.4 Å². The van der Waals surface area contributed by atoms with E-state index in [1.165, 1.54) is 0 Å². The van der Waals surface area contributed by atoms with Gasteiger partial charge in [-0.2, -0.15) is 0 Å². The van der Waals surface area contributed by atoms with E-state index in [2.05, 4.69) is 33.2 Å². The third-order valence-corrected chi connectivity index (χ3v) is 7.12. The highest BCUT2D eigenvalue weighted by atomic mass is 127. The number of esters is 1. The maximum Gasteiger partial charge on any atom is 0.312 e. The molecule has 2 atom stereocenters. The van der Waals surface area contributed by atoms with E-state index in [9.17, 15) is 14.4 Å². The zero-order valence-corrected chi connectivity index (χ0v) is 18.1. The third kappa shape index (κ3) is 3.90. The fraction of sp³-hybridized carbons (Fsp3) is 0.571. The van der Waals surface area contributed by atoms with Gasteiger partial charge in [-0.05, 0) is 97.2 Å². The van der Waals surface area contributed by atoms with Crippen LogP contribution in [0.2, 0.25) is 0 Å². The Balaban J connectivity index is 1.39. The van der Waals surface area contributed by atoms with E-state index in [4.69, 9.17) is 4.74 Å². The highest BCUT2D eigenvalue weighted by Crippen LogP contribution is 2.62. The average Bonchev–Trinajstić information content (AvgIpc) is 2.59. The molecular weight excluding hydrogens is 471 g/mol. The first-order valence-electron chi connectivity index (χ1n) is 9.79. The van der Waals surface area contributed by atoms with Gasteiger partial charge in [0.25, 0.3) is 5.91 Å². The summed E-state index contributed by atoms with van der Waals surface area (Å²) in [5.74, 6) is 0.231. The van der Waals surface area contributed by atoms with Crippen LogP contribution in [0, 0.1) is 20.8 Å². The van der Waals surface area contributed by atoms with Gasteiger partial charge in [0.05, 0.1) is 5.41 Å². The summed E-state index contributed by atoms with van der Waals surface area (Å²) in [6.07, 6.45) is 5.27. The van der Waals surface area contributed by atoms with Gasteiger partial charge in [0.15, 0.2) is 6.61 Å². The van der Waals surface area contributed by atoms with Crippen molar-refractivity contribution < 1.29 is 19.1 Å². The van der Waals surface area contributed by atoms with Crippen LogP contribution in [0.5, 0.6) is 0 Å². The maximum absolute atomic E-state index is 13.0. The molecule has 0 radical (unpaired) electrons. The number of nitrogens with one attached hydrogen (secondary N) is 2. The van der Waals surface area contributed by atoms with Crippen LogP contribution in [0.3, 0.4) is 0 Å². The molecule has 6 nitrogen and oxygen atoms in total. The van der Waals surface area contributed by atoms with E-state index in [1.807, 2.05) is 24.3 Å². The lowest BCUT2D eigenvalue weighted by Crippen LogP contribution is -2.64. The molecule has 4 aliphatic carbocycles. The molecule has 0 aliphatic heterocycles. The van der Waals surface area contributed by atoms with E-state index in [1.54, 1.807) is 6.92 Å². The van der Waals surface area contributed by atoms with Crippen LogP contribution in [-0.2, 0) is 19.1 Å². The Kier molecular flexibility index (Phi) is 5.14. The van der Waals surface area contributed by atoms with E-state index >= 15 is 0 Å². The average molecular weight is 496 g/mol. The molecule has 0 heterocycles. The topological polar surface area (TPSA) is 84.5 Å². The summed E-state index contributed by atoms with van der Waals surface area (Å²) < 4.78 is 6.55. The van der Waals surface area contributed by atoms with Crippen LogP contribution in [0.15, 0.2) is 24.3 Å². The number of amides is 2. The van der Waals surface area contributed by atoms with Crippen LogP contribution in [0.1, 0.15) is 45.4 Å². The van der Waals surface area contributed by atoms with Crippen LogP contribution in [0.25, 0.3) is 0 Å². The summed E-state index contributed by atoms with van der Waals surface area (Å²) in [6.45, 7) is 1.26. The Morgan fingerprint density at radius 2 is 1.75 bits per heavy atom. The van der Waals surface area contributed by atoms with Gasteiger partial charge in [-0.25, -0.2) is 0 Å². The highest BCUT2D eigenvalue weighted by Gasteiger charge is 2.61. The molecule has 5 rings (SSSR count). The monoisotopic (exact) mass is 496 g/mol. The van der Waals surface area contributed by atoms with Crippen LogP contribution in [-0.4, -0.2) is 29.9 Å². The number of benzene rings is 1. The first-order chi connectivity index (χ1) is 13.3. The molecule has 0 saturated heterocycles. The van der Waals surface area contributed by atoms with Crippen molar-refractivity contribution in [3.8, 4) is 0 Å². The van der Waals surface area contributed by atoms with Gasteiger partial charge >= 0.3 is 5.97 Å². The van der Waals surface area contributed by atoms with E-state index in [-0.39, 0.29) is 29.9 Å². The summed E-state index contributed by atoms with van der Waals surface area (Å²) in [5, 5.41) is 5.90. The van der Waals surface area contributed by atoms with Crippen molar-refractivity contribution in [2.45, 2.75) is 51.0 Å². The molecule has 4 fully saturated rings. The van der Waals surface area contributed by atoms with E-state index in [0.29, 0.717) is 23.9 Å². The van der Waals surface area contributed by atoms with Crippen molar-refractivity contribution in [1.29, 1.82) is 0 Å². The SMILES string of the molecule is CC(=O)NC12CC3CC(C1)CC(C(=O)OCC(=O)Nc1ccc(I)cc1)(C3)C2. The third-order valence-electron chi connectivity index (χ3n) is 6.40. The molecule has 150 valence electrons. The Labute approximate surface area is 178 Å². The minimum atomic E-state index is -0.560. The minimum Gasteiger partial charge on any atom is -0.455 e. The van der Waals surface area contributed by atoms with Crippen LogP contribution >= 0.6 is 22.6 Å². The molecule has 28 heavy (non-hydrogen) atoms. The van der Waals surface area contributed by atoms with E-state index in [0.717, 1.165) is 35.7 Å². The Bertz CT molecular complexity index is 793. The normalized spacial score (nSPS) is 32.6. The van der Waals surface area contributed by atoms with Crippen molar-refractivity contribution in [3.63, 3.8) is 0 Å². The summed E-state index contributed by atoms with van der Waals surface area (Å²) in [6, 6.07) is 7.44. The molecule has 2 amide bonds. The molecule has 1 aromatic rings. The fourth-order valence-electron chi connectivity index (χ4n) is 6.04. The molecule has 7 heteroatoms. The Morgan fingerprint density at radius 1 is 1.11 bits per heavy atom. The second-order valence-electron chi connectivity index (χ2n) is 8.83. The first kappa shape index (κ1) is 19.7. The number of carbonyl (C=O) groups is 3. The number of halogens is 1. The second-order valence-corrected chi connectivity index (χ2v) is 10.1. The van der Waals surface area contributed by atoms with Crippen molar-refractivity contribution in [2.24, 2.45) is 17.3 Å². The number of hydrogen-bond acceptors (Lipinski definition) is 4. The molecule has 4 aliphatic rings. The van der Waals surface area contributed by atoms with Crippen molar-refractivity contribution in [1.82, 2.24) is 5.32 Å². The standard InChI is InChI=1S/C21H25IN2O4/c1-13(25)24-21-9-14-6-15(10-21)8-20(7-14,12-21)19(27)28-11-18(26)23-17-4-2-16(22)3-5-17/h2-5,14-15H,6-12H2,1H3,(H,23,26)(H,24,25). The summed E-state index contributed by atoms with van der Waals surface area (Å²) in [7, 11) is 0. The van der Waals surface area contributed by atoms with Gasteiger partial charge < -0.3 is 15.4 Å². The molecule has 2 N–H and O–H groups in total. The van der Waals surface area contributed by atoms with Crippen molar-refractivity contribution >= 4 is 46.1 Å². The molecule has 4 bridgehead atoms. The predicted octanol–water partition coefficient (Wildman–Crippen LogP) is 3.25. The summed E-state index contributed by atoms with van der Waals surface area (Å²) in [5.41, 5.74) is -0.158. The summed E-state index contributed by atoms with van der Waals surface area (Å²) in [4.78, 5) is 36.9. The summed E-state index contributed by atoms with van der Waals surface area (Å²) >= 11 is 2.20. The highest BCUT2D eigenvalue weighted by molar-refractivity contribution is 14.1. The van der Waals surface area contributed by atoms with Crippen molar-refractivity contribution in [2.75, 3.05) is 11.9 Å². The molecule has 4 saturated carbocycles. The number of ether oxygens (including phenoxy) is 1. The zero-order chi connectivity index (χ0) is 19.9. The molecule has 0 aromatic heterocycles. The largest absolute Gasteiger partial charge is 0.455 e. The molecular formula is C21H25IN2O4. The maximum atomic E-state index is 13.0. The van der Waals surface area contributed by atoms with Crippen molar-refractivity contribution in [3.05, 3.63) is 27.8 Å². The van der Waals surface area contributed by atoms with Gasteiger partial charge in [-0.15, -0.1) is 0 Å². The minimum absolute atomic E-state index is 0.0395.